The van der Waals surface area contributed by atoms with Crippen LogP contribution in [0.2, 0.25) is 0 Å². The lowest BCUT2D eigenvalue weighted by Gasteiger charge is -2.10. The quantitative estimate of drug-likeness (QED) is 0.651. The third-order valence-corrected chi connectivity index (χ3v) is 3.21. The van der Waals surface area contributed by atoms with Crippen molar-refractivity contribution in [2.45, 2.75) is 13.8 Å². The molecule has 0 spiro atoms. The van der Waals surface area contributed by atoms with Crippen molar-refractivity contribution in [3.05, 3.63) is 85.5 Å². The van der Waals surface area contributed by atoms with E-state index < -0.39 is 7.12 Å². The van der Waals surface area contributed by atoms with Crippen molar-refractivity contribution in [1.29, 1.82) is 0 Å². The van der Waals surface area contributed by atoms with Crippen molar-refractivity contribution < 1.29 is 10.0 Å². The number of allylic oxidation sites excluding steroid dienone is 4. The Labute approximate surface area is 139 Å². The molecule has 0 atom stereocenters. The highest BCUT2D eigenvalue weighted by molar-refractivity contribution is 6.58. The lowest BCUT2D eigenvalue weighted by atomic mass is 9.77. The summed E-state index contributed by atoms with van der Waals surface area (Å²) in [5.41, 5.74) is 4.14. The molecular weight excluding hydrogens is 283 g/mol. The van der Waals surface area contributed by atoms with E-state index in [0.29, 0.717) is 5.46 Å². The van der Waals surface area contributed by atoms with Crippen LogP contribution in [0.3, 0.4) is 0 Å². The van der Waals surface area contributed by atoms with Gasteiger partial charge < -0.3 is 10.0 Å². The van der Waals surface area contributed by atoms with Gasteiger partial charge in [-0.2, -0.15) is 0 Å². The zero-order valence-corrected chi connectivity index (χ0v) is 13.7. The summed E-state index contributed by atoms with van der Waals surface area (Å²) in [6.07, 6.45) is 5.24. The second-order valence-corrected chi connectivity index (χ2v) is 4.65. The van der Waals surface area contributed by atoms with Gasteiger partial charge in [0.15, 0.2) is 0 Å². The Kier molecular flexibility index (Phi) is 7.82. The molecule has 118 valence electrons. The van der Waals surface area contributed by atoms with Crippen molar-refractivity contribution in [1.82, 2.24) is 0 Å². The molecule has 3 heteroatoms. The zero-order chi connectivity index (χ0) is 17.2. The predicted octanol–water partition coefficient (Wildman–Crippen LogP) is 3.82. The molecule has 2 N–H and O–H groups in total. The van der Waals surface area contributed by atoms with E-state index in [2.05, 4.69) is 13.2 Å². The third kappa shape index (κ3) is 5.10. The molecule has 0 aliphatic carbocycles. The second kappa shape index (κ2) is 9.62. The molecule has 0 radical (unpaired) electrons. The van der Waals surface area contributed by atoms with Crippen LogP contribution in [-0.2, 0) is 0 Å². The predicted molar refractivity (Wildman–Crippen MR) is 101 cm³/mol. The van der Waals surface area contributed by atoms with Crippen LogP contribution >= 0.6 is 0 Å². The average molecular weight is 306 g/mol. The van der Waals surface area contributed by atoms with Gasteiger partial charge in [0, 0.05) is 0 Å². The van der Waals surface area contributed by atoms with Crippen LogP contribution in [0.4, 0.5) is 0 Å². The molecule has 0 bridgehead atoms. The Hall–Kier alpha value is -2.36. The minimum Gasteiger partial charge on any atom is -0.423 e. The number of benzene rings is 2. The minimum atomic E-state index is -1.51. The summed E-state index contributed by atoms with van der Waals surface area (Å²) in [5, 5.41) is 19.0. The number of rotatable bonds is 5. The fraction of sp³-hybridized carbons (Fsp3) is 0.100. The van der Waals surface area contributed by atoms with E-state index in [1.165, 1.54) is 0 Å². The maximum Gasteiger partial charge on any atom is 0.488 e. The topological polar surface area (TPSA) is 40.5 Å². The van der Waals surface area contributed by atoms with Crippen molar-refractivity contribution in [3.63, 3.8) is 0 Å². The highest BCUT2D eigenvalue weighted by Gasteiger charge is 2.14. The Morgan fingerprint density at radius 2 is 1.61 bits per heavy atom. The maximum atomic E-state index is 9.49. The first-order valence-corrected chi connectivity index (χ1v) is 7.67. The molecular formula is C20H23BO2. The van der Waals surface area contributed by atoms with E-state index in [1.807, 2.05) is 56.3 Å². The van der Waals surface area contributed by atoms with Gasteiger partial charge in [-0.05, 0) is 33.8 Å². The Morgan fingerprint density at radius 1 is 0.957 bits per heavy atom. The number of hydrogen-bond donors (Lipinski definition) is 2. The van der Waals surface area contributed by atoms with Crippen molar-refractivity contribution >= 4 is 18.2 Å². The van der Waals surface area contributed by atoms with E-state index in [0.717, 1.165) is 22.3 Å². The average Bonchev–Trinajstić information content (AvgIpc) is 2.61. The molecule has 0 fully saturated rings. The van der Waals surface area contributed by atoms with E-state index in [-0.39, 0.29) is 0 Å². The van der Waals surface area contributed by atoms with Crippen molar-refractivity contribution in [2.24, 2.45) is 0 Å². The van der Waals surface area contributed by atoms with Crippen LogP contribution in [0.15, 0.2) is 79.9 Å². The SMILES string of the molecule is C=C/C=C(\C=C)c1cc(B(O)O)cc(-c2ccccc2)c1.CC. The standard InChI is InChI=1S/C18H17BO2.C2H6/c1-3-8-14(4-2)16-11-17(13-18(12-16)19(20)21)15-9-6-5-7-10-15;1-2/h3-13,20-21H,1-2H2;1-2H3/b14-8+;. The summed E-state index contributed by atoms with van der Waals surface area (Å²) in [4.78, 5) is 0. The Bertz CT molecular complexity index is 673. The van der Waals surface area contributed by atoms with Crippen LogP contribution in [0, 0.1) is 0 Å². The largest absolute Gasteiger partial charge is 0.488 e. The van der Waals surface area contributed by atoms with Crippen LogP contribution in [-0.4, -0.2) is 17.2 Å². The van der Waals surface area contributed by atoms with Gasteiger partial charge in [-0.25, -0.2) is 0 Å². The summed E-state index contributed by atoms with van der Waals surface area (Å²) >= 11 is 0. The molecule has 0 aliphatic rings. The monoisotopic (exact) mass is 306 g/mol. The van der Waals surface area contributed by atoms with Gasteiger partial charge in [0.05, 0.1) is 0 Å². The Balaban J connectivity index is 0.00000127. The summed E-state index contributed by atoms with van der Waals surface area (Å²) in [7, 11) is -1.51. The molecule has 0 saturated carbocycles. The zero-order valence-electron chi connectivity index (χ0n) is 13.7. The first-order valence-electron chi connectivity index (χ1n) is 7.67. The van der Waals surface area contributed by atoms with Gasteiger partial charge in [0.25, 0.3) is 0 Å². The molecule has 2 aromatic rings. The van der Waals surface area contributed by atoms with Crippen LogP contribution in [0.1, 0.15) is 19.4 Å². The normalized spacial score (nSPS) is 10.3. The van der Waals surface area contributed by atoms with Crippen molar-refractivity contribution in [3.8, 4) is 11.1 Å². The highest BCUT2D eigenvalue weighted by atomic mass is 16.4. The van der Waals surface area contributed by atoms with Crippen LogP contribution in [0.5, 0.6) is 0 Å². The molecule has 23 heavy (non-hydrogen) atoms. The fourth-order valence-corrected chi connectivity index (χ4v) is 2.17. The molecule has 0 saturated heterocycles. The van der Waals surface area contributed by atoms with Gasteiger partial charge in [-0.3, -0.25) is 0 Å². The summed E-state index contributed by atoms with van der Waals surface area (Å²) in [6.45, 7) is 11.5. The van der Waals surface area contributed by atoms with Crippen LogP contribution in [0.25, 0.3) is 16.7 Å². The van der Waals surface area contributed by atoms with E-state index in [9.17, 15) is 10.0 Å². The molecule has 2 rings (SSSR count). The molecule has 2 nitrogen and oxygen atoms in total. The summed E-state index contributed by atoms with van der Waals surface area (Å²) in [5.74, 6) is 0. The number of hydrogen-bond acceptors (Lipinski definition) is 2. The first kappa shape index (κ1) is 18.7. The first-order chi connectivity index (χ1) is 11.2. The molecule has 0 heterocycles. The van der Waals surface area contributed by atoms with Crippen molar-refractivity contribution in [2.75, 3.05) is 0 Å². The second-order valence-electron chi connectivity index (χ2n) is 4.65. The van der Waals surface area contributed by atoms with Gasteiger partial charge in [-0.1, -0.05) is 87.7 Å². The molecule has 2 aromatic carbocycles. The molecule has 0 amide bonds. The highest BCUT2D eigenvalue weighted by Crippen LogP contribution is 2.23. The molecule has 0 aromatic heterocycles. The summed E-state index contributed by atoms with van der Waals surface area (Å²) in [6, 6.07) is 15.3. The fourth-order valence-electron chi connectivity index (χ4n) is 2.17. The Morgan fingerprint density at radius 3 is 2.13 bits per heavy atom. The van der Waals surface area contributed by atoms with Crippen LogP contribution < -0.4 is 5.46 Å². The van der Waals surface area contributed by atoms with Gasteiger partial charge in [0.2, 0.25) is 0 Å². The molecule has 0 aliphatic heterocycles. The maximum absolute atomic E-state index is 9.49. The lowest BCUT2D eigenvalue weighted by molar-refractivity contribution is 0.426. The summed E-state index contributed by atoms with van der Waals surface area (Å²) < 4.78 is 0. The van der Waals surface area contributed by atoms with Gasteiger partial charge in [0.1, 0.15) is 0 Å². The van der Waals surface area contributed by atoms with Gasteiger partial charge >= 0.3 is 7.12 Å². The van der Waals surface area contributed by atoms with E-state index in [4.69, 9.17) is 0 Å². The lowest BCUT2D eigenvalue weighted by Crippen LogP contribution is -2.30. The van der Waals surface area contributed by atoms with E-state index in [1.54, 1.807) is 24.3 Å². The smallest absolute Gasteiger partial charge is 0.423 e. The van der Waals surface area contributed by atoms with Gasteiger partial charge in [-0.15, -0.1) is 0 Å². The minimum absolute atomic E-state index is 0.447. The van der Waals surface area contributed by atoms with E-state index >= 15 is 0 Å². The third-order valence-electron chi connectivity index (χ3n) is 3.21. The molecule has 0 unspecified atom stereocenters.